The lowest BCUT2D eigenvalue weighted by Gasteiger charge is -2.07. The van der Waals surface area contributed by atoms with Crippen molar-refractivity contribution < 1.29 is 14.0 Å². The summed E-state index contributed by atoms with van der Waals surface area (Å²) in [6.45, 7) is 0.202. The Labute approximate surface area is 104 Å². The van der Waals surface area contributed by atoms with Crippen molar-refractivity contribution in [3.8, 4) is 0 Å². The van der Waals surface area contributed by atoms with E-state index in [1.54, 1.807) is 0 Å². The third-order valence-electron chi connectivity index (χ3n) is 2.64. The van der Waals surface area contributed by atoms with Crippen LogP contribution in [0.2, 0.25) is 0 Å². The molecule has 0 spiro atoms. The maximum Gasteiger partial charge on any atom is 0.251 e. The monoisotopic (exact) mass is 251 g/mol. The van der Waals surface area contributed by atoms with Gasteiger partial charge in [-0.3, -0.25) is 9.59 Å². The highest BCUT2D eigenvalue weighted by Crippen LogP contribution is 2.18. The number of hydrogen-bond acceptors (Lipinski definition) is 3. The second kappa shape index (κ2) is 5.14. The fourth-order valence-corrected chi connectivity index (χ4v) is 1.52. The Morgan fingerprint density at radius 1 is 1.39 bits per heavy atom. The molecule has 1 fully saturated rings. The Balaban J connectivity index is 1.97. The molecule has 1 saturated carbocycles. The number of carbonyl (C=O) groups is 2. The van der Waals surface area contributed by atoms with Gasteiger partial charge in [-0.25, -0.2) is 4.39 Å². The van der Waals surface area contributed by atoms with Crippen molar-refractivity contribution in [3.63, 3.8) is 0 Å². The first-order valence-corrected chi connectivity index (χ1v) is 5.69. The molecule has 1 aromatic carbocycles. The molecule has 2 amide bonds. The van der Waals surface area contributed by atoms with Crippen molar-refractivity contribution in [2.75, 3.05) is 11.9 Å². The van der Waals surface area contributed by atoms with Gasteiger partial charge in [-0.15, -0.1) is 0 Å². The van der Waals surface area contributed by atoms with E-state index in [9.17, 15) is 14.0 Å². The van der Waals surface area contributed by atoms with Crippen LogP contribution in [0.15, 0.2) is 18.2 Å². The van der Waals surface area contributed by atoms with E-state index in [-0.39, 0.29) is 18.0 Å². The average Bonchev–Trinajstić information content (AvgIpc) is 3.12. The smallest absolute Gasteiger partial charge is 0.251 e. The van der Waals surface area contributed by atoms with Crippen LogP contribution in [0.25, 0.3) is 0 Å². The number of carbonyl (C=O) groups excluding carboxylic acids is 2. The maximum atomic E-state index is 13.2. The number of rotatable bonds is 5. The topological polar surface area (TPSA) is 84.2 Å². The van der Waals surface area contributed by atoms with Crippen LogP contribution in [0.1, 0.15) is 23.2 Å². The van der Waals surface area contributed by atoms with Gasteiger partial charge in [0.15, 0.2) is 0 Å². The van der Waals surface area contributed by atoms with Gasteiger partial charge in [-0.05, 0) is 31.0 Å². The predicted octanol–water partition coefficient (Wildman–Crippen LogP) is 0.615. The molecule has 0 radical (unpaired) electrons. The number of anilines is 1. The fraction of sp³-hybridized carbons (Fsp3) is 0.333. The van der Waals surface area contributed by atoms with Gasteiger partial charge in [-0.2, -0.15) is 0 Å². The lowest BCUT2D eigenvalue weighted by atomic mass is 10.2. The minimum absolute atomic E-state index is 0.202. The van der Waals surface area contributed by atoms with Crippen molar-refractivity contribution >= 4 is 17.5 Å². The van der Waals surface area contributed by atoms with Gasteiger partial charge < -0.3 is 16.4 Å². The van der Waals surface area contributed by atoms with Crippen molar-refractivity contribution in [1.29, 1.82) is 0 Å². The number of amides is 2. The molecule has 18 heavy (non-hydrogen) atoms. The first kappa shape index (κ1) is 12.5. The first-order valence-electron chi connectivity index (χ1n) is 5.69. The highest BCUT2D eigenvalue weighted by atomic mass is 19.1. The molecule has 0 saturated heterocycles. The molecular weight excluding hydrogens is 237 g/mol. The molecule has 0 heterocycles. The number of hydrogen-bond donors (Lipinski definition) is 3. The van der Waals surface area contributed by atoms with E-state index in [2.05, 4.69) is 10.6 Å². The molecule has 1 aromatic rings. The molecule has 6 heteroatoms. The van der Waals surface area contributed by atoms with Gasteiger partial charge in [0, 0.05) is 11.7 Å². The van der Waals surface area contributed by atoms with Gasteiger partial charge in [0.05, 0.1) is 12.1 Å². The molecule has 0 bridgehead atoms. The summed E-state index contributed by atoms with van der Waals surface area (Å²) in [5.74, 6) is -1.79. The van der Waals surface area contributed by atoms with E-state index in [1.807, 2.05) is 0 Å². The SMILES string of the molecule is NC(=O)c1cc(NC(=O)CNC2CC2)ccc1F. The minimum Gasteiger partial charge on any atom is -0.366 e. The minimum atomic E-state index is -0.861. The summed E-state index contributed by atoms with van der Waals surface area (Å²) in [5, 5.41) is 5.62. The van der Waals surface area contributed by atoms with Crippen LogP contribution in [-0.4, -0.2) is 24.4 Å². The molecule has 0 unspecified atom stereocenters. The van der Waals surface area contributed by atoms with E-state index in [4.69, 9.17) is 5.73 Å². The van der Waals surface area contributed by atoms with Crippen LogP contribution in [0, 0.1) is 5.82 Å². The van der Waals surface area contributed by atoms with Crippen molar-refractivity contribution in [2.24, 2.45) is 5.73 Å². The quantitative estimate of drug-likeness (QED) is 0.717. The fourth-order valence-electron chi connectivity index (χ4n) is 1.52. The van der Waals surface area contributed by atoms with E-state index >= 15 is 0 Å². The summed E-state index contributed by atoms with van der Waals surface area (Å²) in [4.78, 5) is 22.5. The summed E-state index contributed by atoms with van der Waals surface area (Å²) in [5.41, 5.74) is 5.14. The summed E-state index contributed by atoms with van der Waals surface area (Å²) >= 11 is 0. The predicted molar refractivity (Wildman–Crippen MR) is 64.6 cm³/mol. The molecule has 4 N–H and O–H groups in total. The zero-order chi connectivity index (χ0) is 13.1. The summed E-state index contributed by atoms with van der Waals surface area (Å²) < 4.78 is 13.2. The van der Waals surface area contributed by atoms with Gasteiger partial charge >= 0.3 is 0 Å². The molecule has 2 rings (SSSR count). The summed E-state index contributed by atoms with van der Waals surface area (Å²) in [6.07, 6.45) is 2.19. The molecule has 1 aliphatic rings. The van der Waals surface area contributed by atoms with Crippen LogP contribution in [-0.2, 0) is 4.79 Å². The first-order chi connectivity index (χ1) is 8.56. The molecule has 96 valence electrons. The second-order valence-corrected chi connectivity index (χ2v) is 4.26. The highest BCUT2D eigenvalue weighted by Gasteiger charge is 2.21. The summed E-state index contributed by atoms with van der Waals surface area (Å²) in [7, 11) is 0. The van der Waals surface area contributed by atoms with Gasteiger partial charge in [0.25, 0.3) is 5.91 Å². The largest absolute Gasteiger partial charge is 0.366 e. The van der Waals surface area contributed by atoms with Crippen molar-refractivity contribution in [3.05, 3.63) is 29.6 Å². The molecule has 1 aliphatic carbocycles. The Kier molecular flexibility index (Phi) is 3.57. The summed E-state index contributed by atoms with van der Waals surface area (Å²) in [6, 6.07) is 4.15. The standard InChI is InChI=1S/C12H14FN3O2/c13-10-4-3-8(5-9(10)12(14)18)16-11(17)6-15-7-1-2-7/h3-5,7,15H,1-2,6H2,(H2,14,18)(H,16,17). The van der Waals surface area contributed by atoms with Crippen molar-refractivity contribution in [2.45, 2.75) is 18.9 Å². The second-order valence-electron chi connectivity index (χ2n) is 4.26. The van der Waals surface area contributed by atoms with E-state index in [1.165, 1.54) is 12.1 Å². The highest BCUT2D eigenvalue weighted by molar-refractivity contribution is 5.97. The van der Waals surface area contributed by atoms with E-state index in [0.29, 0.717) is 11.7 Å². The molecule has 0 atom stereocenters. The van der Waals surface area contributed by atoms with Gasteiger partial charge in [-0.1, -0.05) is 0 Å². The number of nitrogens with two attached hydrogens (primary N) is 1. The zero-order valence-electron chi connectivity index (χ0n) is 9.70. The number of primary amides is 1. The third-order valence-corrected chi connectivity index (χ3v) is 2.64. The van der Waals surface area contributed by atoms with Gasteiger partial charge in [0.2, 0.25) is 5.91 Å². The zero-order valence-corrected chi connectivity index (χ0v) is 9.70. The van der Waals surface area contributed by atoms with Crippen LogP contribution in [0.5, 0.6) is 0 Å². The molecular formula is C12H14FN3O2. The van der Waals surface area contributed by atoms with Crippen LogP contribution in [0.3, 0.4) is 0 Å². The van der Waals surface area contributed by atoms with E-state index in [0.717, 1.165) is 18.9 Å². The van der Waals surface area contributed by atoms with Crippen LogP contribution < -0.4 is 16.4 Å². The Hall–Kier alpha value is -1.95. The van der Waals surface area contributed by atoms with Crippen molar-refractivity contribution in [1.82, 2.24) is 5.32 Å². The molecule has 5 nitrogen and oxygen atoms in total. The van der Waals surface area contributed by atoms with Crippen LogP contribution >= 0.6 is 0 Å². The number of halogens is 1. The van der Waals surface area contributed by atoms with E-state index < -0.39 is 11.7 Å². The van der Waals surface area contributed by atoms with Gasteiger partial charge in [0.1, 0.15) is 5.82 Å². The average molecular weight is 251 g/mol. The molecule has 0 aromatic heterocycles. The normalized spacial score (nSPS) is 14.3. The maximum absolute atomic E-state index is 13.2. The Morgan fingerprint density at radius 2 is 2.11 bits per heavy atom. The van der Waals surface area contributed by atoms with Crippen LogP contribution in [0.4, 0.5) is 10.1 Å². The lowest BCUT2D eigenvalue weighted by molar-refractivity contribution is -0.115. The lowest BCUT2D eigenvalue weighted by Crippen LogP contribution is -2.29. The Morgan fingerprint density at radius 3 is 2.72 bits per heavy atom. The number of benzene rings is 1. The Bertz CT molecular complexity index is 486. The number of nitrogens with one attached hydrogen (secondary N) is 2. The third kappa shape index (κ3) is 3.27. The molecule has 0 aliphatic heterocycles.